The fraction of sp³-hybridized carbons (Fsp3) is 0.190. The van der Waals surface area contributed by atoms with Gasteiger partial charge in [0.1, 0.15) is 0 Å². The van der Waals surface area contributed by atoms with Gasteiger partial charge in [0, 0.05) is 25.3 Å². The lowest BCUT2D eigenvalue weighted by Gasteiger charge is -2.16. The minimum absolute atomic E-state index is 0.157. The molecule has 5 nitrogen and oxygen atoms in total. The molecular weight excluding hydrogens is 360 g/mol. The summed E-state index contributed by atoms with van der Waals surface area (Å²) in [5, 5.41) is 4.89. The molecule has 0 aliphatic rings. The van der Waals surface area contributed by atoms with E-state index in [1.165, 1.54) is 20.2 Å². The van der Waals surface area contributed by atoms with Crippen molar-refractivity contribution in [1.29, 1.82) is 0 Å². The number of benzene rings is 3. The molecule has 6 heteroatoms. The van der Waals surface area contributed by atoms with Crippen LogP contribution in [0.25, 0.3) is 10.8 Å². The Kier molecular flexibility index (Phi) is 5.04. The molecule has 0 heterocycles. The smallest absolute Gasteiger partial charge is 0.255 e. The van der Waals surface area contributed by atoms with Gasteiger partial charge < -0.3 is 5.32 Å². The van der Waals surface area contributed by atoms with Crippen LogP contribution >= 0.6 is 0 Å². The maximum absolute atomic E-state index is 12.7. The Morgan fingerprint density at radius 2 is 1.59 bits per heavy atom. The summed E-state index contributed by atoms with van der Waals surface area (Å²) < 4.78 is 26.1. The van der Waals surface area contributed by atoms with Crippen LogP contribution < -0.4 is 5.32 Å². The van der Waals surface area contributed by atoms with Crippen LogP contribution in [0, 0.1) is 13.8 Å². The Morgan fingerprint density at radius 3 is 2.26 bits per heavy atom. The second-order valence-corrected chi connectivity index (χ2v) is 8.87. The molecule has 0 spiro atoms. The monoisotopic (exact) mass is 382 g/mol. The van der Waals surface area contributed by atoms with E-state index in [2.05, 4.69) is 5.32 Å². The molecule has 0 saturated heterocycles. The maximum atomic E-state index is 12.7. The highest BCUT2D eigenvalue weighted by molar-refractivity contribution is 7.89. The number of sulfonamides is 1. The number of nitrogens with zero attached hydrogens (tertiary/aromatic N) is 1. The number of carbonyl (C=O) groups is 1. The van der Waals surface area contributed by atoms with Crippen molar-refractivity contribution in [3.05, 3.63) is 71.3 Å². The van der Waals surface area contributed by atoms with Crippen molar-refractivity contribution in [3.63, 3.8) is 0 Å². The van der Waals surface area contributed by atoms with E-state index >= 15 is 0 Å². The zero-order chi connectivity index (χ0) is 19.8. The first kappa shape index (κ1) is 19.1. The topological polar surface area (TPSA) is 66.5 Å². The van der Waals surface area contributed by atoms with Gasteiger partial charge in [-0.05, 0) is 60.0 Å². The number of amides is 1. The van der Waals surface area contributed by atoms with Gasteiger partial charge in [-0.15, -0.1) is 0 Å². The van der Waals surface area contributed by atoms with Gasteiger partial charge in [0.2, 0.25) is 10.0 Å². The van der Waals surface area contributed by atoms with Gasteiger partial charge in [-0.1, -0.05) is 30.3 Å². The van der Waals surface area contributed by atoms with Crippen LogP contribution in [-0.4, -0.2) is 32.7 Å². The van der Waals surface area contributed by atoms with Gasteiger partial charge in [0.25, 0.3) is 5.91 Å². The number of fused-ring (bicyclic) bond motifs is 1. The van der Waals surface area contributed by atoms with Crippen LogP contribution in [-0.2, 0) is 10.0 Å². The van der Waals surface area contributed by atoms with Crippen LogP contribution in [0.3, 0.4) is 0 Å². The summed E-state index contributed by atoms with van der Waals surface area (Å²) in [6.07, 6.45) is 0. The average Bonchev–Trinajstić information content (AvgIpc) is 2.64. The Bertz CT molecular complexity index is 1140. The normalized spacial score (nSPS) is 11.7. The predicted molar refractivity (Wildman–Crippen MR) is 109 cm³/mol. The molecule has 3 aromatic carbocycles. The van der Waals surface area contributed by atoms with Crippen molar-refractivity contribution in [3.8, 4) is 0 Å². The van der Waals surface area contributed by atoms with Gasteiger partial charge in [-0.25, -0.2) is 12.7 Å². The minimum atomic E-state index is -3.59. The van der Waals surface area contributed by atoms with E-state index in [1.807, 2.05) is 50.2 Å². The van der Waals surface area contributed by atoms with E-state index in [4.69, 9.17) is 0 Å². The molecule has 0 aliphatic carbocycles. The van der Waals surface area contributed by atoms with Crippen LogP contribution in [0.15, 0.2) is 59.5 Å². The van der Waals surface area contributed by atoms with Crippen LogP contribution in [0.1, 0.15) is 21.5 Å². The fourth-order valence-electron chi connectivity index (χ4n) is 2.84. The number of carbonyl (C=O) groups excluding carboxylic acids is 1. The van der Waals surface area contributed by atoms with E-state index in [1.54, 1.807) is 12.1 Å². The minimum Gasteiger partial charge on any atom is -0.322 e. The Balaban J connectivity index is 1.98. The molecule has 0 aliphatic heterocycles. The quantitative estimate of drug-likeness (QED) is 0.743. The first-order valence-corrected chi connectivity index (χ1v) is 9.98. The van der Waals surface area contributed by atoms with Crippen LogP contribution in [0.5, 0.6) is 0 Å². The molecule has 0 bridgehead atoms. The SMILES string of the molecule is Cc1cc(S(=O)(=O)N(C)C)cc(NC(=O)c2ccc3ccccc3c2)c1C. The molecule has 3 aromatic rings. The number of hydrogen-bond donors (Lipinski definition) is 1. The molecule has 27 heavy (non-hydrogen) atoms. The first-order chi connectivity index (χ1) is 12.7. The number of anilines is 1. The Hall–Kier alpha value is -2.70. The van der Waals surface area contributed by atoms with Gasteiger partial charge in [0.15, 0.2) is 0 Å². The number of rotatable bonds is 4. The lowest BCUT2D eigenvalue weighted by molar-refractivity contribution is 0.102. The van der Waals surface area contributed by atoms with Crippen molar-refractivity contribution >= 4 is 32.4 Å². The van der Waals surface area contributed by atoms with E-state index in [0.717, 1.165) is 26.2 Å². The molecule has 0 fully saturated rings. The van der Waals surface area contributed by atoms with E-state index in [9.17, 15) is 13.2 Å². The highest BCUT2D eigenvalue weighted by Crippen LogP contribution is 2.26. The van der Waals surface area contributed by atoms with Crippen molar-refractivity contribution < 1.29 is 13.2 Å². The summed E-state index contributed by atoms with van der Waals surface area (Å²) in [5.74, 6) is -0.275. The van der Waals surface area contributed by atoms with Crippen LogP contribution in [0.2, 0.25) is 0 Å². The number of aryl methyl sites for hydroxylation is 1. The highest BCUT2D eigenvalue weighted by atomic mass is 32.2. The summed E-state index contributed by atoms with van der Waals surface area (Å²) in [7, 11) is -0.618. The molecule has 1 amide bonds. The van der Waals surface area contributed by atoms with Gasteiger partial charge in [0.05, 0.1) is 4.90 Å². The van der Waals surface area contributed by atoms with Crippen molar-refractivity contribution in [1.82, 2.24) is 4.31 Å². The van der Waals surface area contributed by atoms with Gasteiger partial charge in [-0.3, -0.25) is 4.79 Å². The molecule has 0 atom stereocenters. The fourth-order valence-corrected chi connectivity index (χ4v) is 3.85. The lowest BCUT2D eigenvalue weighted by atomic mass is 10.1. The summed E-state index contributed by atoms with van der Waals surface area (Å²) in [6.45, 7) is 3.69. The Morgan fingerprint density at radius 1 is 0.926 bits per heavy atom. The Labute approximate surface area is 159 Å². The molecule has 0 saturated carbocycles. The average molecular weight is 382 g/mol. The van der Waals surface area contributed by atoms with Gasteiger partial charge in [-0.2, -0.15) is 0 Å². The molecule has 0 aromatic heterocycles. The largest absolute Gasteiger partial charge is 0.322 e. The predicted octanol–water partition coefficient (Wildman–Crippen LogP) is 3.96. The van der Waals surface area contributed by atoms with E-state index in [-0.39, 0.29) is 10.8 Å². The molecular formula is C21H22N2O3S. The van der Waals surface area contributed by atoms with Crippen LogP contribution in [0.4, 0.5) is 5.69 Å². The standard InChI is InChI=1S/C21H22N2O3S/c1-14-11-19(27(25,26)23(3)4)13-20(15(14)2)22-21(24)18-10-9-16-7-5-6-8-17(16)12-18/h5-13H,1-4H3,(H,22,24). The third kappa shape index (κ3) is 3.72. The summed E-state index contributed by atoms with van der Waals surface area (Å²) in [6, 6.07) is 16.4. The zero-order valence-electron chi connectivity index (χ0n) is 15.8. The van der Waals surface area contributed by atoms with E-state index < -0.39 is 10.0 Å². The summed E-state index contributed by atoms with van der Waals surface area (Å²) in [5.41, 5.74) is 2.65. The van der Waals surface area contributed by atoms with E-state index in [0.29, 0.717) is 11.3 Å². The van der Waals surface area contributed by atoms with Gasteiger partial charge >= 0.3 is 0 Å². The van der Waals surface area contributed by atoms with Crippen molar-refractivity contribution in [2.75, 3.05) is 19.4 Å². The second kappa shape index (κ2) is 7.13. The molecule has 1 N–H and O–H groups in total. The third-order valence-corrected chi connectivity index (χ3v) is 6.47. The second-order valence-electron chi connectivity index (χ2n) is 6.72. The van der Waals surface area contributed by atoms with Crippen molar-refractivity contribution in [2.45, 2.75) is 18.7 Å². The molecule has 140 valence electrons. The first-order valence-electron chi connectivity index (χ1n) is 8.54. The summed E-state index contributed by atoms with van der Waals surface area (Å²) in [4.78, 5) is 12.9. The maximum Gasteiger partial charge on any atom is 0.255 e. The molecule has 0 radical (unpaired) electrons. The van der Waals surface area contributed by atoms with Crippen molar-refractivity contribution in [2.24, 2.45) is 0 Å². The highest BCUT2D eigenvalue weighted by Gasteiger charge is 2.20. The zero-order valence-corrected chi connectivity index (χ0v) is 16.6. The lowest BCUT2D eigenvalue weighted by Crippen LogP contribution is -2.23. The number of hydrogen-bond acceptors (Lipinski definition) is 3. The molecule has 3 rings (SSSR count). The third-order valence-electron chi connectivity index (χ3n) is 4.68. The summed E-state index contributed by atoms with van der Waals surface area (Å²) >= 11 is 0. The number of nitrogens with one attached hydrogen (secondary N) is 1. The molecule has 0 unspecified atom stereocenters.